The van der Waals surface area contributed by atoms with Crippen LogP contribution in [0.3, 0.4) is 0 Å². The number of hydrogen-bond acceptors (Lipinski definition) is 3. The van der Waals surface area contributed by atoms with Crippen LogP contribution in [-0.4, -0.2) is 19.7 Å². The second-order valence-corrected chi connectivity index (χ2v) is 4.26. The SMILES string of the molecule is Fc1cccc(-n2ncc3cnc(Cl)nc32)c1Cl. The van der Waals surface area contributed by atoms with E-state index in [-0.39, 0.29) is 10.3 Å². The van der Waals surface area contributed by atoms with Crippen molar-refractivity contribution in [2.24, 2.45) is 0 Å². The zero-order chi connectivity index (χ0) is 12.7. The Hall–Kier alpha value is -1.72. The fourth-order valence-electron chi connectivity index (χ4n) is 1.63. The van der Waals surface area contributed by atoms with Crippen LogP contribution in [0.25, 0.3) is 16.7 Å². The lowest BCUT2D eigenvalue weighted by Gasteiger charge is -2.05. The van der Waals surface area contributed by atoms with E-state index in [0.717, 1.165) is 0 Å². The fourth-order valence-corrected chi connectivity index (χ4v) is 1.96. The zero-order valence-electron chi connectivity index (χ0n) is 8.81. The highest BCUT2D eigenvalue weighted by Gasteiger charge is 2.12. The molecule has 18 heavy (non-hydrogen) atoms. The van der Waals surface area contributed by atoms with Crippen LogP contribution < -0.4 is 0 Å². The van der Waals surface area contributed by atoms with E-state index >= 15 is 0 Å². The van der Waals surface area contributed by atoms with Crippen LogP contribution >= 0.6 is 23.2 Å². The smallest absolute Gasteiger partial charge is 0.224 e. The van der Waals surface area contributed by atoms with E-state index in [1.165, 1.54) is 10.7 Å². The van der Waals surface area contributed by atoms with Gasteiger partial charge >= 0.3 is 0 Å². The predicted molar refractivity (Wildman–Crippen MR) is 66.6 cm³/mol. The Bertz CT molecular complexity index is 741. The first-order valence-corrected chi connectivity index (χ1v) is 5.73. The molecule has 0 N–H and O–H groups in total. The minimum Gasteiger partial charge on any atom is -0.226 e. The largest absolute Gasteiger partial charge is 0.226 e. The molecule has 0 unspecified atom stereocenters. The molecular weight excluding hydrogens is 278 g/mol. The molecule has 0 atom stereocenters. The molecule has 3 aromatic rings. The lowest BCUT2D eigenvalue weighted by Crippen LogP contribution is -2.00. The van der Waals surface area contributed by atoms with Crippen molar-refractivity contribution in [1.82, 2.24) is 19.7 Å². The van der Waals surface area contributed by atoms with Crippen molar-refractivity contribution < 1.29 is 4.39 Å². The van der Waals surface area contributed by atoms with Gasteiger partial charge in [-0.25, -0.2) is 14.1 Å². The van der Waals surface area contributed by atoms with Crippen molar-refractivity contribution in [2.75, 3.05) is 0 Å². The Balaban J connectivity index is 2.32. The molecule has 90 valence electrons. The van der Waals surface area contributed by atoms with Gasteiger partial charge in [0.1, 0.15) is 10.8 Å². The maximum Gasteiger partial charge on any atom is 0.224 e. The number of nitrogens with zero attached hydrogens (tertiary/aromatic N) is 4. The standard InChI is InChI=1S/C11H5Cl2FN4/c12-9-7(14)2-1-3-8(9)18-10-6(5-16-18)4-15-11(13)17-10/h1-5H. The highest BCUT2D eigenvalue weighted by atomic mass is 35.5. The maximum atomic E-state index is 13.4. The summed E-state index contributed by atoms with van der Waals surface area (Å²) < 4.78 is 14.8. The number of fused-ring (bicyclic) bond motifs is 1. The van der Waals surface area contributed by atoms with E-state index < -0.39 is 5.82 Å². The Kier molecular flexibility index (Phi) is 2.65. The van der Waals surface area contributed by atoms with Crippen LogP contribution in [0.1, 0.15) is 0 Å². The zero-order valence-corrected chi connectivity index (χ0v) is 10.3. The van der Waals surface area contributed by atoms with Gasteiger partial charge in [0.05, 0.1) is 17.3 Å². The van der Waals surface area contributed by atoms with Crippen molar-refractivity contribution in [2.45, 2.75) is 0 Å². The quantitative estimate of drug-likeness (QED) is 0.644. The summed E-state index contributed by atoms with van der Waals surface area (Å²) in [5.41, 5.74) is 0.879. The second kappa shape index (κ2) is 4.19. The van der Waals surface area contributed by atoms with Gasteiger partial charge < -0.3 is 0 Å². The number of halogens is 3. The molecule has 0 radical (unpaired) electrons. The molecule has 4 nitrogen and oxygen atoms in total. The number of benzene rings is 1. The number of hydrogen-bond donors (Lipinski definition) is 0. The van der Waals surface area contributed by atoms with E-state index in [0.29, 0.717) is 16.7 Å². The summed E-state index contributed by atoms with van der Waals surface area (Å²) in [4.78, 5) is 7.90. The summed E-state index contributed by atoms with van der Waals surface area (Å²) >= 11 is 11.6. The Labute approximate surface area is 111 Å². The lowest BCUT2D eigenvalue weighted by atomic mass is 10.3. The van der Waals surface area contributed by atoms with Gasteiger partial charge in [-0.15, -0.1) is 0 Å². The summed E-state index contributed by atoms with van der Waals surface area (Å²) in [5.74, 6) is -0.516. The summed E-state index contributed by atoms with van der Waals surface area (Å²) in [6.07, 6.45) is 3.11. The van der Waals surface area contributed by atoms with Crippen molar-refractivity contribution in [3.8, 4) is 5.69 Å². The van der Waals surface area contributed by atoms with Gasteiger partial charge in [0, 0.05) is 6.20 Å². The van der Waals surface area contributed by atoms with Crippen LogP contribution in [0, 0.1) is 5.82 Å². The van der Waals surface area contributed by atoms with Gasteiger partial charge in [-0.3, -0.25) is 0 Å². The first-order valence-electron chi connectivity index (χ1n) is 4.97. The molecule has 1 aromatic carbocycles. The molecule has 0 aliphatic carbocycles. The molecule has 2 heterocycles. The third-order valence-corrected chi connectivity index (χ3v) is 3.00. The Morgan fingerprint density at radius 3 is 2.83 bits per heavy atom. The molecular formula is C11H5Cl2FN4. The van der Waals surface area contributed by atoms with Crippen LogP contribution in [0.2, 0.25) is 10.3 Å². The molecule has 0 amide bonds. The molecule has 0 saturated carbocycles. The molecule has 7 heteroatoms. The lowest BCUT2D eigenvalue weighted by molar-refractivity contribution is 0.626. The minimum atomic E-state index is -0.516. The molecule has 0 aliphatic rings. The van der Waals surface area contributed by atoms with E-state index in [4.69, 9.17) is 23.2 Å². The molecule has 0 fully saturated rings. The number of rotatable bonds is 1. The van der Waals surface area contributed by atoms with E-state index in [1.54, 1.807) is 24.5 Å². The van der Waals surface area contributed by atoms with Gasteiger partial charge in [0.15, 0.2) is 5.65 Å². The third-order valence-electron chi connectivity index (χ3n) is 2.44. The van der Waals surface area contributed by atoms with Crippen molar-refractivity contribution in [3.05, 3.63) is 46.7 Å². The highest BCUT2D eigenvalue weighted by molar-refractivity contribution is 6.32. The molecule has 0 spiro atoms. The third kappa shape index (κ3) is 1.72. The van der Waals surface area contributed by atoms with Gasteiger partial charge in [0.2, 0.25) is 5.28 Å². The van der Waals surface area contributed by atoms with Crippen LogP contribution in [0.4, 0.5) is 4.39 Å². The van der Waals surface area contributed by atoms with E-state index in [1.807, 2.05) is 0 Å². The summed E-state index contributed by atoms with van der Waals surface area (Å²) in [6.45, 7) is 0. The van der Waals surface area contributed by atoms with Crippen molar-refractivity contribution >= 4 is 34.2 Å². The fraction of sp³-hybridized carbons (Fsp3) is 0. The van der Waals surface area contributed by atoms with Crippen molar-refractivity contribution in [3.63, 3.8) is 0 Å². The molecule has 3 rings (SSSR count). The minimum absolute atomic E-state index is 0.0164. The van der Waals surface area contributed by atoms with Gasteiger partial charge in [0.25, 0.3) is 0 Å². The first-order chi connectivity index (χ1) is 8.66. The van der Waals surface area contributed by atoms with Crippen molar-refractivity contribution in [1.29, 1.82) is 0 Å². The number of aromatic nitrogens is 4. The summed E-state index contributed by atoms with van der Waals surface area (Å²) in [7, 11) is 0. The van der Waals surface area contributed by atoms with Gasteiger partial charge in [-0.2, -0.15) is 10.1 Å². The van der Waals surface area contributed by atoms with Gasteiger partial charge in [-0.05, 0) is 23.7 Å². The Morgan fingerprint density at radius 1 is 1.17 bits per heavy atom. The topological polar surface area (TPSA) is 43.6 Å². The average molecular weight is 283 g/mol. The predicted octanol–water partition coefficient (Wildman–Crippen LogP) is 3.26. The highest BCUT2D eigenvalue weighted by Crippen LogP contribution is 2.25. The summed E-state index contributed by atoms with van der Waals surface area (Å²) in [6, 6.07) is 4.47. The summed E-state index contributed by atoms with van der Waals surface area (Å²) in [5, 5.41) is 4.89. The van der Waals surface area contributed by atoms with Crippen LogP contribution in [0.15, 0.2) is 30.6 Å². The second-order valence-electron chi connectivity index (χ2n) is 3.55. The molecule has 0 bridgehead atoms. The van der Waals surface area contributed by atoms with Crippen LogP contribution in [-0.2, 0) is 0 Å². The van der Waals surface area contributed by atoms with Gasteiger partial charge in [-0.1, -0.05) is 17.7 Å². The monoisotopic (exact) mass is 282 g/mol. The normalized spacial score (nSPS) is 11.1. The Morgan fingerprint density at radius 2 is 2.00 bits per heavy atom. The first kappa shape index (κ1) is 11.4. The molecule has 2 aromatic heterocycles. The molecule has 0 aliphatic heterocycles. The average Bonchev–Trinajstić information content (AvgIpc) is 2.75. The van der Waals surface area contributed by atoms with Crippen LogP contribution in [0.5, 0.6) is 0 Å². The van der Waals surface area contributed by atoms with E-state index in [9.17, 15) is 4.39 Å². The molecule has 0 saturated heterocycles. The maximum absolute atomic E-state index is 13.4. The van der Waals surface area contributed by atoms with E-state index in [2.05, 4.69) is 15.1 Å².